The number of hydrogen-bond acceptors (Lipinski definition) is 3. The highest BCUT2D eigenvalue weighted by Gasteiger charge is 2.45. The first-order valence-electron chi connectivity index (χ1n) is 9.23. The number of amides is 2. The maximum Gasteiger partial charge on any atom is 0.249 e. The van der Waals surface area contributed by atoms with Crippen LogP contribution in [0.4, 0.5) is 14.5 Å². The van der Waals surface area contributed by atoms with Gasteiger partial charge in [-0.05, 0) is 36.6 Å². The second-order valence-corrected chi connectivity index (χ2v) is 7.82. The van der Waals surface area contributed by atoms with Crippen LogP contribution in [0.2, 0.25) is 5.02 Å². The van der Waals surface area contributed by atoms with Gasteiger partial charge >= 0.3 is 0 Å². The standard InChI is InChI=1S/C21H19ClF2N2O3/c1-10-3-4-11-7-16(25-20(27)13-9-15(13)24)21(28)26(2)18(11)19(10)29-17-8-12(23)5-6-14(17)22/h3-6,8,13,15-16H,7,9H2,1-2H3,(H,25,27)/t13-,15-,16-/m1/s1. The van der Waals surface area contributed by atoms with Crippen LogP contribution in [0.15, 0.2) is 30.3 Å². The van der Waals surface area contributed by atoms with E-state index < -0.39 is 29.9 Å². The van der Waals surface area contributed by atoms with Crippen molar-refractivity contribution in [2.45, 2.75) is 32.0 Å². The molecule has 1 N–H and O–H groups in total. The number of aryl methyl sites for hydroxylation is 1. The third-order valence-electron chi connectivity index (χ3n) is 5.27. The number of hydrogen-bond donors (Lipinski definition) is 1. The Hall–Kier alpha value is -2.67. The lowest BCUT2D eigenvalue weighted by atomic mass is 9.95. The van der Waals surface area contributed by atoms with Crippen molar-refractivity contribution in [2.75, 3.05) is 11.9 Å². The number of ether oxygens (including phenoxy) is 1. The second-order valence-electron chi connectivity index (χ2n) is 7.42. The Morgan fingerprint density at radius 2 is 2.03 bits per heavy atom. The van der Waals surface area contributed by atoms with Gasteiger partial charge in [0.25, 0.3) is 0 Å². The molecule has 5 nitrogen and oxygen atoms in total. The monoisotopic (exact) mass is 420 g/mol. The summed E-state index contributed by atoms with van der Waals surface area (Å²) < 4.78 is 32.7. The summed E-state index contributed by atoms with van der Waals surface area (Å²) in [6.45, 7) is 1.81. The number of nitrogens with zero attached hydrogens (tertiary/aromatic N) is 1. The number of carbonyl (C=O) groups excluding carboxylic acids is 2. The molecule has 4 rings (SSSR count). The van der Waals surface area contributed by atoms with Crippen LogP contribution in [-0.4, -0.2) is 31.1 Å². The Bertz CT molecular complexity index is 1010. The minimum Gasteiger partial charge on any atom is -0.453 e. The van der Waals surface area contributed by atoms with E-state index in [1.807, 2.05) is 19.1 Å². The van der Waals surface area contributed by atoms with Gasteiger partial charge in [0.05, 0.1) is 16.6 Å². The lowest BCUT2D eigenvalue weighted by molar-refractivity contribution is -0.128. The van der Waals surface area contributed by atoms with Crippen molar-refractivity contribution in [1.29, 1.82) is 0 Å². The van der Waals surface area contributed by atoms with Crippen LogP contribution in [0.5, 0.6) is 11.5 Å². The number of rotatable bonds is 4. The van der Waals surface area contributed by atoms with Crippen LogP contribution < -0.4 is 15.0 Å². The molecule has 0 spiro atoms. The zero-order valence-corrected chi connectivity index (χ0v) is 16.6. The molecule has 2 aromatic carbocycles. The molecule has 2 aromatic rings. The predicted octanol–water partition coefficient (Wildman–Crippen LogP) is 3.94. The highest BCUT2D eigenvalue weighted by Crippen LogP contribution is 2.42. The third-order valence-corrected chi connectivity index (χ3v) is 5.58. The number of anilines is 1. The molecule has 2 aliphatic rings. The normalized spacial score (nSPS) is 22.9. The molecule has 0 bridgehead atoms. The number of halogens is 3. The highest BCUT2D eigenvalue weighted by molar-refractivity contribution is 6.32. The van der Waals surface area contributed by atoms with Gasteiger partial charge in [-0.1, -0.05) is 23.7 Å². The Kier molecular flexibility index (Phi) is 4.94. The highest BCUT2D eigenvalue weighted by atomic mass is 35.5. The van der Waals surface area contributed by atoms with E-state index in [9.17, 15) is 18.4 Å². The summed E-state index contributed by atoms with van der Waals surface area (Å²) >= 11 is 6.12. The SMILES string of the molecule is Cc1ccc2c(c1Oc1cc(F)ccc1Cl)N(C)C(=O)[C@H](NC(=O)[C@@H]1C[C@H]1F)C2. The zero-order chi connectivity index (χ0) is 20.9. The first kappa shape index (κ1) is 19.6. The summed E-state index contributed by atoms with van der Waals surface area (Å²) in [6.07, 6.45) is -0.677. The number of nitrogens with one attached hydrogen (secondary N) is 1. The molecular formula is C21H19ClF2N2O3. The Morgan fingerprint density at radius 1 is 1.31 bits per heavy atom. The minimum atomic E-state index is -1.13. The average Bonchev–Trinajstić information content (AvgIpc) is 3.41. The van der Waals surface area contributed by atoms with Gasteiger partial charge in [0.1, 0.15) is 23.8 Å². The van der Waals surface area contributed by atoms with Crippen molar-refractivity contribution in [2.24, 2.45) is 5.92 Å². The van der Waals surface area contributed by atoms with E-state index in [4.69, 9.17) is 16.3 Å². The fourth-order valence-corrected chi connectivity index (χ4v) is 3.67. The molecule has 0 aromatic heterocycles. The van der Waals surface area contributed by atoms with Crippen LogP contribution in [0.3, 0.4) is 0 Å². The van der Waals surface area contributed by atoms with Crippen LogP contribution in [-0.2, 0) is 16.0 Å². The largest absolute Gasteiger partial charge is 0.453 e. The lowest BCUT2D eigenvalue weighted by Crippen LogP contribution is -2.52. The van der Waals surface area contributed by atoms with Gasteiger partial charge < -0.3 is 15.0 Å². The fraction of sp³-hybridized carbons (Fsp3) is 0.333. The van der Waals surface area contributed by atoms with Crippen LogP contribution in [0.1, 0.15) is 17.5 Å². The smallest absolute Gasteiger partial charge is 0.249 e. The predicted molar refractivity (Wildman–Crippen MR) is 105 cm³/mol. The summed E-state index contributed by atoms with van der Waals surface area (Å²) in [5, 5.41) is 2.89. The average molecular weight is 421 g/mol. The van der Waals surface area contributed by atoms with E-state index in [0.29, 0.717) is 11.4 Å². The molecule has 0 radical (unpaired) electrons. The topological polar surface area (TPSA) is 58.6 Å². The maximum absolute atomic E-state index is 13.6. The fourth-order valence-electron chi connectivity index (χ4n) is 3.52. The van der Waals surface area contributed by atoms with Crippen molar-refractivity contribution in [3.05, 3.63) is 52.3 Å². The molecule has 0 saturated heterocycles. The lowest BCUT2D eigenvalue weighted by Gasteiger charge is -2.33. The summed E-state index contributed by atoms with van der Waals surface area (Å²) in [7, 11) is 1.58. The van der Waals surface area contributed by atoms with E-state index in [-0.39, 0.29) is 29.5 Å². The van der Waals surface area contributed by atoms with Crippen molar-refractivity contribution >= 4 is 29.1 Å². The Morgan fingerprint density at radius 3 is 2.72 bits per heavy atom. The minimum absolute atomic E-state index is 0.141. The van der Waals surface area contributed by atoms with E-state index in [1.54, 1.807) is 7.05 Å². The third kappa shape index (κ3) is 3.67. The van der Waals surface area contributed by atoms with E-state index in [0.717, 1.165) is 11.1 Å². The molecule has 1 saturated carbocycles. The second kappa shape index (κ2) is 7.30. The van der Waals surface area contributed by atoms with Crippen LogP contribution in [0, 0.1) is 18.7 Å². The molecule has 152 valence electrons. The molecule has 29 heavy (non-hydrogen) atoms. The number of carbonyl (C=O) groups is 2. The summed E-state index contributed by atoms with van der Waals surface area (Å²) in [6, 6.07) is 6.70. The molecule has 0 unspecified atom stereocenters. The number of benzene rings is 2. The van der Waals surface area contributed by atoms with Crippen molar-refractivity contribution in [3.8, 4) is 11.5 Å². The molecule has 3 atom stereocenters. The molecule has 8 heteroatoms. The van der Waals surface area contributed by atoms with E-state index in [2.05, 4.69) is 5.32 Å². The zero-order valence-electron chi connectivity index (χ0n) is 15.8. The van der Waals surface area contributed by atoms with Crippen LogP contribution >= 0.6 is 11.6 Å². The molecule has 1 aliphatic carbocycles. The van der Waals surface area contributed by atoms with Gasteiger partial charge in [0.15, 0.2) is 5.75 Å². The van der Waals surface area contributed by atoms with Gasteiger partial charge in [-0.2, -0.15) is 0 Å². The first-order valence-corrected chi connectivity index (χ1v) is 9.61. The molecule has 1 aliphatic heterocycles. The number of likely N-dealkylation sites (N-methyl/N-ethyl adjacent to an activating group) is 1. The van der Waals surface area contributed by atoms with Gasteiger partial charge in [0.2, 0.25) is 11.8 Å². The molecule has 1 fully saturated rings. The van der Waals surface area contributed by atoms with Crippen molar-refractivity contribution in [1.82, 2.24) is 5.32 Å². The summed E-state index contributed by atoms with van der Waals surface area (Å²) in [5.74, 6) is -1.40. The van der Waals surface area contributed by atoms with Gasteiger partial charge in [0, 0.05) is 19.5 Å². The summed E-state index contributed by atoms with van der Waals surface area (Å²) in [5.41, 5.74) is 2.05. The maximum atomic E-state index is 13.6. The number of alkyl halides is 1. The first-order chi connectivity index (χ1) is 13.8. The number of fused-ring (bicyclic) bond motifs is 1. The molecule has 1 heterocycles. The van der Waals surface area contributed by atoms with Crippen molar-refractivity contribution < 1.29 is 23.1 Å². The van der Waals surface area contributed by atoms with Crippen LogP contribution in [0.25, 0.3) is 0 Å². The van der Waals surface area contributed by atoms with E-state index >= 15 is 0 Å². The van der Waals surface area contributed by atoms with Gasteiger partial charge in [-0.15, -0.1) is 0 Å². The quantitative estimate of drug-likeness (QED) is 0.815. The van der Waals surface area contributed by atoms with E-state index in [1.165, 1.54) is 23.1 Å². The van der Waals surface area contributed by atoms with Crippen molar-refractivity contribution in [3.63, 3.8) is 0 Å². The summed E-state index contributed by atoms with van der Waals surface area (Å²) in [4.78, 5) is 26.3. The molecular weight excluding hydrogens is 402 g/mol. The molecule has 2 amide bonds. The van der Waals surface area contributed by atoms with Gasteiger partial charge in [-0.25, -0.2) is 8.78 Å². The Labute approximate surface area is 171 Å². The Balaban J connectivity index is 1.66. The van der Waals surface area contributed by atoms with Gasteiger partial charge in [-0.3, -0.25) is 9.59 Å².